The van der Waals surface area contributed by atoms with E-state index in [4.69, 9.17) is 0 Å². The number of rotatable bonds is 9. The fourth-order valence-electron chi connectivity index (χ4n) is 3.54. The van der Waals surface area contributed by atoms with Crippen LogP contribution in [0.4, 0.5) is 36.2 Å². The largest absolute Gasteiger partial charge is 0.417 e. The van der Waals surface area contributed by atoms with Gasteiger partial charge in [0, 0.05) is 43.8 Å². The van der Waals surface area contributed by atoms with E-state index in [0.29, 0.717) is 24.5 Å². The van der Waals surface area contributed by atoms with Crippen molar-refractivity contribution in [1.82, 2.24) is 4.98 Å². The van der Waals surface area contributed by atoms with Crippen LogP contribution in [-0.2, 0) is 6.18 Å². The van der Waals surface area contributed by atoms with Crippen molar-refractivity contribution in [3.8, 4) is 0 Å². The number of hydrogen-bond donors (Lipinski definition) is 1. The summed E-state index contributed by atoms with van der Waals surface area (Å²) in [5, 5.41) is 2.91. The molecule has 0 aliphatic heterocycles. The first kappa shape index (κ1) is 24.8. The van der Waals surface area contributed by atoms with Crippen LogP contribution in [0.15, 0.2) is 79.0 Å². The Morgan fingerprint density at radius 3 is 2.15 bits per heavy atom. The molecule has 178 valence electrons. The number of carbonyl (C=O) groups is 1. The quantitative estimate of drug-likeness (QED) is 0.286. The molecule has 0 aliphatic rings. The van der Waals surface area contributed by atoms with Gasteiger partial charge in [-0.2, -0.15) is 13.2 Å². The highest BCUT2D eigenvalue weighted by molar-refractivity contribution is 6.10. The number of anilines is 4. The number of pyridine rings is 1. The average molecular weight is 469 g/mol. The van der Waals surface area contributed by atoms with Crippen LogP contribution in [0.1, 0.15) is 29.8 Å². The topological polar surface area (TPSA) is 48.5 Å². The molecule has 0 aliphatic carbocycles. The number of nitrogens with one attached hydrogen (secondary N) is 1. The summed E-state index contributed by atoms with van der Waals surface area (Å²) >= 11 is 0. The Hall–Kier alpha value is -3.81. The summed E-state index contributed by atoms with van der Waals surface area (Å²) in [4.78, 5) is 20.9. The molecule has 0 bridgehead atoms. The second kappa shape index (κ2) is 10.9. The SMILES string of the molecule is CCN(CC)c1cc(C(F)(F)F)c(C(=O)/C=C/Nc2ccccc2)c(N(C)c2ccccc2)n1. The zero-order valence-corrected chi connectivity index (χ0v) is 19.3. The summed E-state index contributed by atoms with van der Waals surface area (Å²) in [6.07, 6.45) is -2.32. The Labute approximate surface area is 197 Å². The number of halogens is 3. The van der Waals surface area contributed by atoms with E-state index in [1.807, 2.05) is 38.1 Å². The molecule has 3 rings (SSSR count). The Balaban J connectivity index is 2.15. The van der Waals surface area contributed by atoms with Crippen LogP contribution in [0.3, 0.4) is 0 Å². The number of hydrogen-bond acceptors (Lipinski definition) is 5. The molecule has 0 atom stereocenters. The van der Waals surface area contributed by atoms with Gasteiger partial charge in [-0.15, -0.1) is 0 Å². The molecule has 0 saturated heterocycles. The molecule has 5 nitrogen and oxygen atoms in total. The molecule has 34 heavy (non-hydrogen) atoms. The van der Waals surface area contributed by atoms with Crippen molar-refractivity contribution in [1.29, 1.82) is 0 Å². The van der Waals surface area contributed by atoms with E-state index >= 15 is 0 Å². The maximum absolute atomic E-state index is 14.2. The first-order chi connectivity index (χ1) is 16.3. The molecule has 0 amide bonds. The van der Waals surface area contributed by atoms with E-state index in [2.05, 4.69) is 10.3 Å². The van der Waals surface area contributed by atoms with Crippen LogP contribution in [0.5, 0.6) is 0 Å². The van der Waals surface area contributed by atoms with Gasteiger partial charge in [0.05, 0.1) is 11.1 Å². The van der Waals surface area contributed by atoms with Crippen LogP contribution >= 0.6 is 0 Å². The van der Waals surface area contributed by atoms with Crippen LogP contribution in [0.2, 0.25) is 0 Å². The average Bonchev–Trinajstić information content (AvgIpc) is 2.84. The third kappa shape index (κ3) is 5.75. The number of para-hydroxylation sites is 2. The highest BCUT2D eigenvalue weighted by Gasteiger charge is 2.38. The number of carbonyl (C=O) groups excluding carboxylic acids is 1. The van der Waals surface area contributed by atoms with Crippen LogP contribution in [-0.4, -0.2) is 30.9 Å². The number of ketones is 1. The summed E-state index contributed by atoms with van der Waals surface area (Å²) in [5.41, 5.74) is -0.197. The first-order valence-corrected chi connectivity index (χ1v) is 10.9. The molecule has 0 unspecified atom stereocenters. The molecule has 1 N–H and O–H groups in total. The summed E-state index contributed by atoms with van der Waals surface area (Å²) in [6.45, 7) is 4.64. The van der Waals surface area contributed by atoms with Crippen LogP contribution in [0.25, 0.3) is 0 Å². The molecule has 2 aromatic carbocycles. The summed E-state index contributed by atoms with van der Waals surface area (Å²) < 4.78 is 42.7. The molecule has 1 heterocycles. The van der Waals surface area contributed by atoms with Crippen LogP contribution in [0, 0.1) is 0 Å². The predicted octanol–water partition coefficient (Wildman–Crippen LogP) is 6.52. The fraction of sp³-hybridized carbons (Fsp3) is 0.231. The molecule has 3 aromatic rings. The number of alkyl halides is 3. The van der Waals surface area contributed by atoms with Gasteiger partial charge in [-0.25, -0.2) is 4.98 Å². The van der Waals surface area contributed by atoms with Crippen molar-refractivity contribution in [2.45, 2.75) is 20.0 Å². The van der Waals surface area contributed by atoms with E-state index in [-0.39, 0.29) is 11.6 Å². The van der Waals surface area contributed by atoms with Crippen molar-refractivity contribution in [2.75, 3.05) is 35.3 Å². The second-order valence-corrected chi connectivity index (χ2v) is 7.50. The monoisotopic (exact) mass is 468 g/mol. The van der Waals surface area contributed by atoms with Crippen molar-refractivity contribution in [3.63, 3.8) is 0 Å². The van der Waals surface area contributed by atoms with E-state index in [9.17, 15) is 18.0 Å². The lowest BCUT2D eigenvalue weighted by molar-refractivity contribution is -0.137. The molecule has 0 radical (unpaired) electrons. The summed E-state index contributed by atoms with van der Waals surface area (Å²) in [7, 11) is 1.60. The lowest BCUT2D eigenvalue weighted by atomic mass is 10.0. The number of benzene rings is 2. The van der Waals surface area contributed by atoms with Crippen molar-refractivity contribution < 1.29 is 18.0 Å². The number of allylic oxidation sites excluding steroid dienone is 1. The van der Waals surface area contributed by atoms with E-state index < -0.39 is 23.1 Å². The molecule has 0 spiro atoms. The Morgan fingerprint density at radius 1 is 1.00 bits per heavy atom. The highest BCUT2D eigenvalue weighted by atomic mass is 19.4. The normalized spacial score (nSPS) is 11.5. The third-order valence-corrected chi connectivity index (χ3v) is 5.35. The number of aromatic nitrogens is 1. The van der Waals surface area contributed by atoms with Gasteiger partial charge in [0.1, 0.15) is 11.6 Å². The highest BCUT2D eigenvalue weighted by Crippen LogP contribution is 2.39. The zero-order valence-electron chi connectivity index (χ0n) is 19.3. The number of nitrogens with zero attached hydrogens (tertiary/aromatic N) is 3. The van der Waals surface area contributed by atoms with Crippen LogP contribution < -0.4 is 15.1 Å². The first-order valence-electron chi connectivity index (χ1n) is 10.9. The maximum Gasteiger partial charge on any atom is 0.417 e. The minimum Gasteiger partial charge on any atom is -0.362 e. The molecule has 8 heteroatoms. The molecule has 0 saturated carbocycles. The summed E-state index contributed by atoms with van der Waals surface area (Å²) in [5.74, 6) is -0.692. The molecular formula is C26H27F3N4O. The van der Waals surface area contributed by atoms with Gasteiger partial charge in [0.2, 0.25) is 0 Å². The second-order valence-electron chi connectivity index (χ2n) is 7.50. The standard InChI is InChI=1S/C26H27F3N4O/c1-4-33(5-2)23-18-21(26(27,28)29)24(22(34)16-17-30-19-12-8-6-9-13-19)25(31-23)32(3)20-14-10-7-11-15-20/h6-18,30H,4-5H2,1-3H3/b17-16+. The Bertz CT molecular complexity index is 1130. The van der Waals surface area contributed by atoms with E-state index in [1.165, 1.54) is 11.1 Å². The van der Waals surface area contributed by atoms with Gasteiger partial charge < -0.3 is 15.1 Å². The molecular weight excluding hydrogens is 441 g/mol. The maximum atomic E-state index is 14.2. The van der Waals surface area contributed by atoms with Crippen molar-refractivity contribution in [3.05, 3.63) is 90.1 Å². The Morgan fingerprint density at radius 2 is 1.59 bits per heavy atom. The zero-order chi connectivity index (χ0) is 24.7. The smallest absolute Gasteiger partial charge is 0.362 e. The van der Waals surface area contributed by atoms with E-state index in [0.717, 1.165) is 12.1 Å². The van der Waals surface area contributed by atoms with Crippen molar-refractivity contribution in [2.24, 2.45) is 0 Å². The van der Waals surface area contributed by atoms with Crippen molar-refractivity contribution >= 4 is 28.8 Å². The van der Waals surface area contributed by atoms with Gasteiger partial charge in [-0.1, -0.05) is 36.4 Å². The fourth-order valence-corrected chi connectivity index (χ4v) is 3.54. The third-order valence-electron chi connectivity index (χ3n) is 5.35. The van der Waals surface area contributed by atoms with Gasteiger partial charge in [0.15, 0.2) is 5.78 Å². The molecule has 1 aromatic heterocycles. The minimum absolute atomic E-state index is 0.0581. The van der Waals surface area contributed by atoms with Gasteiger partial charge in [-0.3, -0.25) is 4.79 Å². The van der Waals surface area contributed by atoms with E-state index in [1.54, 1.807) is 48.3 Å². The summed E-state index contributed by atoms with van der Waals surface area (Å²) in [6, 6.07) is 18.8. The predicted molar refractivity (Wildman–Crippen MR) is 131 cm³/mol. The van der Waals surface area contributed by atoms with Gasteiger partial charge in [-0.05, 0) is 44.2 Å². The lowest BCUT2D eigenvalue weighted by Crippen LogP contribution is -2.27. The Kier molecular flexibility index (Phi) is 7.94. The minimum atomic E-state index is -4.75. The van der Waals surface area contributed by atoms with Gasteiger partial charge >= 0.3 is 6.18 Å². The van der Waals surface area contributed by atoms with Gasteiger partial charge in [0.25, 0.3) is 0 Å². The molecule has 0 fully saturated rings. The lowest BCUT2D eigenvalue weighted by Gasteiger charge is -2.27.